The van der Waals surface area contributed by atoms with Gasteiger partial charge in [0, 0.05) is 6.07 Å². The molecule has 0 aliphatic rings. The van der Waals surface area contributed by atoms with Gasteiger partial charge in [0.15, 0.2) is 0 Å². The SMILES string of the molecule is O=C(OC(=O)c1c(C(=O)O)c(C(=O)O)c(C(=O)O)c(C(=O)O)c1C(=O)O)c1cc(=O)[nH]c(=O)[nH]1. The lowest BCUT2D eigenvalue weighted by Crippen LogP contribution is -2.30. The molecule has 0 bridgehead atoms. The number of H-pyrrole nitrogens is 2. The fourth-order valence-electron chi connectivity index (χ4n) is 2.79. The molecule has 2 rings (SSSR count). The predicted octanol–water partition coefficient (Wildman–Crippen LogP) is -1.45. The van der Waals surface area contributed by atoms with Gasteiger partial charge in [-0.05, 0) is 0 Å². The molecule has 1 heterocycles. The number of carbonyl (C=O) groups excluding carboxylic acids is 2. The summed E-state index contributed by atoms with van der Waals surface area (Å²) in [6.07, 6.45) is 0. The van der Waals surface area contributed by atoms with E-state index in [1.165, 1.54) is 0 Å². The Balaban J connectivity index is 2.98. The summed E-state index contributed by atoms with van der Waals surface area (Å²) in [4.78, 5) is 109. The lowest BCUT2D eigenvalue weighted by Gasteiger charge is -2.17. The molecule has 0 spiro atoms. The molecule has 0 radical (unpaired) electrons. The van der Waals surface area contributed by atoms with Crippen LogP contribution in [-0.4, -0.2) is 77.3 Å². The lowest BCUT2D eigenvalue weighted by atomic mass is 9.86. The predicted molar refractivity (Wildman–Crippen MR) is 98.7 cm³/mol. The molecule has 17 nitrogen and oxygen atoms in total. The number of aromatic nitrogens is 2. The fourth-order valence-corrected chi connectivity index (χ4v) is 2.79. The Morgan fingerprint density at radius 1 is 0.559 bits per heavy atom. The molecule has 0 atom stereocenters. The molecule has 0 saturated heterocycles. The van der Waals surface area contributed by atoms with Crippen molar-refractivity contribution in [2.45, 2.75) is 0 Å². The van der Waals surface area contributed by atoms with Crippen molar-refractivity contribution in [1.29, 1.82) is 0 Å². The molecule has 17 heteroatoms. The summed E-state index contributed by atoms with van der Waals surface area (Å²) >= 11 is 0. The third-order valence-electron chi connectivity index (χ3n) is 3.94. The quantitative estimate of drug-likeness (QED) is 0.176. The van der Waals surface area contributed by atoms with Gasteiger partial charge in [0.25, 0.3) is 5.56 Å². The first-order chi connectivity index (χ1) is 15.7. The van der Waals surface area contributed by atoms with E-state index in [9.17, 15) is 68.7 Å². The van der Waals surface area contributed by atoms with E-state index in [4.69, 9.17) is 0 Å². The maximum absolute atomic E-state index is 12.6. The van der Waals surface area contributed by atoms with Crippen LogP contribution in [0.5, 0.6) is 0 Å². The Bertz CT molecular complexity index is 1360. The zero-order valence-corrected chi connectivity index (χ0v) is 15.9. The summed E-state index contributed by atoms with van der Waals surface area (Å²) in [7, 11) is 0. The van der Waals surface area contributed by atoms with E-state index in [0.29, 0.717) is 6.07 Å². The average Bonchev–Trinajstić information content (AvgIpc) is 2.69. The minimum Gasteiger partial charge on any atom is -0.478 e. The van der Waals surface area contributed by atoms with Crippen molar-refractivity contribution in [2.24, 2.45) is 0 Å². The molecule has 34 heavy (non-hydrogen) atoms. The molecule has 1 aromatic heterocycles. The molecular formula is C17H8N2O15. The van der Waals surface area contributed by atoms with Gasteiger partial charge in [-0.1, -0.05) is 0 Å². The number of benzene rings is 1. The maximum Gasteiger partial charge on any atom is 0.362 e. The van der Waals surface area contributed by atoms with Gasteiger partial charge < -0.3 is 35.3 Å². The number of esters is 2. The number of carboxylic acids is 5. The summed E-state index contributed by atoms with van der Waals surface area (Å²) in [6.45, 7) is 0. The molecule has 0 saturated carbocycles. The van der Waals surface area contributed by atoms with E-state index >= 15 is 0 Å². The zero-order valence-electron chi connectivity index (χ0n) is 15.9. The van der Waals surface area contributed by atoms with Crippen LogP contribution in [0, 0.1) is 0 Å². The third-order valence-corrected chi connectivity index (χ3v) is 3.94. The highest BCUT2D eigenvalue weighted by atomic mass is 16.6. The van der Waals surface area contributed by atoms with Crippen LogP contribution in [0.4, 0.5) is 0 Å². The Labute approximate surface area is 182 Å². The van der Waals surface area contributed by atoms with Gasteiger partial charge >= 0.3 is 47.5 Å². The van der Waals surface area contributed by atoms with Crippen molar-refractivity contribution in [3.05, 3.63) is 66.0 Å². The Kier molecular flexibility index (Phi) is 6.43. The van der Waals surface area contributed by atoms with Gasteiger partial charge in [0.1, 0.15) is 5.69 Å². The number of hydrogen-bond acceptors (Lipinski definition) is 10. The van der Waals surface area contributed by atoms with Gasteiger partial charge in [-0.25, -0.2) is 38.4 Å². The zero-order chi connectivity index (χ0) is 26.1. The number of hydrogen-bond donors (Lipinski definition) is 7. The summed E-state index contributed by atoms with van der Waals surface area (Å²) in [5.74, 6) is -16.0. The standard InChI is InChI=1S/C17H8N2O15/c20-3-1-2(18-17(33)19-3)15(31)34-16(32)9-7(13(27)28)5(11(23)24)4(10(21)22)6(12(25)26)8(9)14(29)30/h1H,(H,21,22)(H,23,24)(H,25,26)(H,27,28)(H,29,30)(H2,18,19,20,33). The summed E-state index contributed by atoms with van der Waals surface area (Å²) in [5.41, 5.74) is -14.2. The molecule has 0 amide bonds. The van der Waals surface area contributed by atoms with Gasteiger partial charge in [0.05, 0.1) is 33.4 Å². The number of carbonyl (C=O) groups is 7. The number of aromatic carboxylic acids is 5. The van der Waals surface area contributed by atoms with Crippen LogP contribution < -0.4 is 11.2 Å². The second-order valence-corrected chi connectivity index (χ2v) is 5.95. The summed E-state index contributed by atoms with van der Waals surface area (Å²) in [6, 6.07) is 0.409. The molecular weight excluding hydrogens is 472 g/mol. The number of rotatable bonds is 7. The molecule has 0 unspecified atom stereocenters. The van der Waals surface area contributed by atoms with Crippen LogP contribution in [0.3, 0.4) is 0 Å². The van der Waals surface area contributed by atoms with Crippen molar-refractivity contribution >= 4 is 41.8 Å². The Morgan fingerprint density at radius 3 is 1.24 bits per heavy atom. The van der Waals surface area contributed by atoms with Gasteiger partial charge in [-0.2, -0.15) is 0 Å². The van der Waals surface area contributed by atoms with Crippen molar-refractivity contribution in [3.63, 3.8) is 0 Å². The van der Waals surface area contributed by atoms with Crippen molar-refractivity contribution in [1.82, 2.24) is 9.97 Å². The molecule has 0 aliphatic heterocycles. The first-order valence-electron chi connectivity index (χ1n) is 8.19. The van der Waals surface area contributed by atoms with Crippen molar-refractivity contribution < 1.29 is 63.8 Å². The highest BCUT2D eigenvalue weighted by Gasteiger charge is 2.41. The van der Waals surface area contributed by atoms with Crippen LogP contribution in [0.1, 0.15) is 72.6 Å². The minimum absolute atomic E-state index is 0.409. The lowest BCUT2D eigenvalue weighted by molar-refractivity contribution is 0.0380. The smallest absolute Gasteiger partial charge is 0.362 e. The van der Waals surface area contributed by atoms with E-state index in [1.54, 1.807) is 9.97 Å². The Morgan fingerprint density at radius 2 is 0.912 bits per heavy atom. The van der Waals surface area contributed by atoms with Gasteiger partial charge in [0.2, 0.25) is 0 Å². The minimum atomic E-state index is -2.40. The van der Waals surface area contributed by atoms with Crippen LogP contribution in [0.2, 0.25) is 0 Å². The van der Waals surface area contributed by atoms with E-state index < -0.39 is 92.1 Å². The molecule has 2 aromatic rings. The monoisotopic (exact) mass is 480 g/mol. The van der Waals surface area contributed by atoms with Crippen molar-refractivity contribution in [2.75, 3.05) is 0 Å². The number of aromatic amines is 2. The first-order valence-corrected chi connectivity index (χ1v) is 8.19. The van der Waals surface area contributed by atoms with Crippen LogP contribution in [0.15, 0.2) is 15.7 Å². The fraction of sp³-hybridized carbons (Fsp3) is 0. The van der Waals surface area contributed by atoms with E-state index in [-0.39, 0.29) is 0 Å². The second-order valence-electron chi connectivity index (χ2n) is 5.95. The summed E-state index contributed by atoms with van der Waals surface area (Å²) in [5, 5.41) is 46.8. The topological polar surface area (TPSA) is 296 Å². The Hall–Kier alpha value is -5.61. The largest absolute Gasteiger partial charge is 0.478 e. The van der Waals surface area contributed by atoms with E-state index in [0.717, 1.165) is 0 Å². The normalized spacial score (nSPS) is 10.2. The number of nitrogens with one attached hydrogen (secondary N) is 2. The van der Waals surface area contributed by atoms with E-state index in [1.807, 2.05) is 0 Å². The number of ether oxygens (including phenoxy) is 1. The van der Waals surface area contributed by atoms with Crippen molar-refractivity contribution in [3.8, 4) is 0 Å². The molecule has 0 fully saturated rings. The highest BCUT2D eigenvalue weighted by Crippen LogP contribution is 2.30. The molecule has 7 N–H and O–H groups in total. The van der Waals surface area contributed by atoms with Crippen LogP contribution in [-0.2, 0) is 4.74 Å². The molecule has 176 valence electrons. The van der Waals surface area contributed by atoms with Crippen LogP contribution in [0.25, 0.3) is 0 Å². The van der Waals surface area contributed by atoms with Gasteiger partial charge in [-0.3, -0.25) is 9.78 Å². The first kappa shape index (κ1) is 24.7. The molecule has 0 aliphatic carbocycles. The highest BCUT2D eigenvalue weighted by molar-refractivity contribution is 6.23. The average molecular weight is 480 g/mol. The van der Waals surface area contributed by atoms with E-state index in [2.05, 4.69) is 4.74 Å². The maximum atomic E-state index is 12.6. The molecule has 1 aromatic carbocycles. The summed E-state index contributed by atoms with van der Waals surface area (Å²) < 4.78 is 4.22. The van der Waals surface area contributed by atoms with Crippen LogP contribution >= 0.6 is 0 Å². The second kappa shape index (κ2) is 8.86. The number of carboxylic acid groups (broad SMARTS) is 5. The third kappa shape index (κ3) is 4.37. The van der Waals surface area contributed by atoms with Gasteiger partial charge in [-0.15, -0.1) is 0 Å².